The molecule has 0 fully saturated rings. The maximum absolute atomic E-state index is 13.4. The Morgan fingerprint density at radius 2 is 1.21 bits per heavy atom. The second kappa shape index (κ2) is 25.7. The predicted octanol–water partition coefficient (Wildman–Crippen LogP) is 13.5. The van der Waals surface area contributed by atoms with Gasteiger partial charge in [0.1, 0.15) is 35.5 Å². The Bertz CT molecular complexity index is 2280. The second-order valence-electron chi connectivity index (χ2n) is 15.5. The molecule has 0 unspecified atom stereocenters. The van der Waals surface area contributed by atoms with Gasteiger partial charge in [-0.15, -0.1) is 0 Å². The smallest absolute Gasteiger partial charge is 0.160 e. The van der Waals surface area contributed by atoms with Crippen LogP contribution in [-0.4, -0.2) is 60.6 Å². The Hall–Kier alpha value is -4.37. The molecule has 10 nitrogen and oxygen atoms in total. The van der Waals surface area contributed by atoms with E-state index in [0.717, 1.165) is 47.5 Å². The zero-order valence-corrected chi connectivity index (χ0v) is 41.9. The third kappa shape index (κ3) is 14.3. The molecule has 4 aromatic heterocycles. The van der Waals surface area contributed by atoms with Crippen LogP contribution in [-0.2, 0) is 30.7 Å². The number of unbranched alkanes of at least 4 members (excludes halogenated alkanes) is 3. The van der Waals surface area contributed by atoms with Crippen molar-refractivity contribution in [2.24, 2.45) is 0 Å². The molecule has 0 N–H and O–H groups in total. The van der Waals surface area contributed by atoms with Gasteiger partial charge in [-0.2, -0.15) is 10.2 Å². The molecule has 0 aliphatic rings. The second-order valence-corrected chi connectivity index (χ2v) is 29.5. The molecule has 0 saturated carbocycles. The van der Waals surface area contributed by atoms with E-state index in [0.29, 0.717) is 39.8 Å². The number of halogens is 3. The number of nitrogens with zero attached hydrogens (tertiary/aromatic N) is 6. The summed E-state index contributed by atoms with van der Waals surface area (Å²) in [6, 6.07) is 8.62. The van der Waals surface area contributed by atoms with E-state index in [1.54, 1.807) is 30.9 Å². The summed E-state index contributed by atoms with van der Waals surface area (Å²) in [6.07, 6.45) is 20.1. The van der Waals surface area contributed by atoms with Crippen LogP contribution in [0.1, 0.15) is 120 Å². The number of rotatable bonds is 21. The summed E-state index contributed by atoms with van der Waals surface area (Å²) >= 11 is 1.12. The van der Waals surface area contributed by atoms with Gasteiger partial charge in [-0.1, -0.05) is 10.3 Å². The van der Waals surface area contributed by atoms with Crippen LogP contribution in [0.2, 0.25) is 13.3 Å². The molecule has 14 heteroatoms. The molecule has 6 rings (SSSR count). The van der Waals surface area contributed by atoms with Gasteiger partial charge in [0.05, 0.1) is 12.4 Å². The van der Waals surface area contributed by atoms with E-state index in [1.807, 2.05) is 41.8 Å². The average Bonchev–Trinajstić information content (AvgIpc) is 4.11. The third-order valence-corrected chi connectivity index (χ3v) is 26.5. The maximum Gasteiger partial charge on any atom is 0.160 e. The number of Topliss-reactive ketones (excluding diaryl/α,β-unsaturated/α-hetero) is 1. The number of ketones is 1. The van der Waals surface area contributed by atoms with Crippen molar-refractivity contribution >= 4 is 40.1 Å². The first kappa shape index (κ1) is 50.3. The summed E-state index contributed by atoms with van der Waals surface area (Å²) in [5, 5.41) is 16.5. The fourth-order valence-electron chi connectivity index (χ4n) is 7.35. The van der Waals surface area contributed by atoms with Crippen LogP contribution in [0.4, 0.5) is 8.78 Å². The van der Waals surface area contributed by atoms with Gasteiger partial charge in [0, 0.05) is 70.6 Å². The molecule has 4 heterocycles. The van der Waals surface area contributed by atoms with Crippen molar-refractivity contribution in [1.82, 2.24) is 29.9 Å². The normalized spacial score (nSPS) is 11.1. The first-order valence-corrected chi connectivity index (χ1v) is 30.2. The molecule has 0 aliphatic carbocycles. The van der Waals surface area contributed by atoms with Gasteiger partial charge in [-0.3, -0.25) is 14.2 Å². The van der Waals surface area contributed by atoms with Crippen molar-refractivity contribution < 1.29 is 27.4 Å². The van der Waals surface area contributed by atoms with Crippen LogP contribution in [0.25, 0.3) is 22.5 Å². The van der Waals surface area contributed by atoms with Crippen LogP contribution < -0.4 is 0 Å². The van der Waals surface area contributed by atoms with Gasteiger partial charge in [-0.05, 0) is 84.2 Å². The van der Waals surface area contributed by atoms with Crippen molar-refractivity contribution in [1.29, 1.82) is 0 Å². The molecule has 6 aromatic rings. The molecule has 0 aliphatic heterocycles. The van der Waals surface area contributed by atoms with Crippen molar-refractivity contribution in [3.63, 3.8) is 0 Å². The SMILES string of the molecule is C=[C](OCC)[Sn]([CH2]CCC)([CH2]CCC)[CH2]CCC.CCn1cc(Cc2conc2-c2ccc(F)cc2Br)cn1.CCn1cc(Cc2conc2-c2ccc(F)cc2C(C)=O)cn1. The van der Waals surface area contributed by atoms with E-state index in [-0.39, 0.29) is 11.6 Å². The number of carbonyl (C=O) groups excluding carboxylic acids is 1. The number of hydrogen-bond acceptors (Lipinski definition) is 8. The summed E-state index contributed by atoms with van der Waals surface area (Å²) < 4.78 is 52.7. The predicted molar refractivity (Wildman–Crippen MR) is 249 cm³/mol. The van der Waals surface area contributed by atoms with Crippen molar-refractivity contribution in [2.45, 2.75) is 126 Å². The van der Waals surface area contributed by atoms with Crippen molar-refractivity contribution in [2.75, 3.05) is 6.61 Å². The molecule has 62 heavy (non-hydrogen) atoms. The minimum absolute atomic E-state index is 0.216. The van der Waals surface area contributed by atoms with Crippen molar-refractivity contribution in [3.8, 4) is 22.5 Å². The van der Waals surface area contributed by atoms with E-state index in [9.17, 15) is 13.6 Å². The van der Waals surface area contributed by atoms with Gasteiger partial charge in [0.25, 0.3) is 0 Å². The Kier molecular flexibility index (Phi) is 20.8. The van der Waals surface area contributed by atoms with E-state index in [2.05, 4.69) is 70.7 Å². The molecule has 2 aromatic carbocycles. The number of ether oxygens (including phenoxy) is 1. The van der Waals surface area contributed by atoms with Crippen LogP contribution in [0.15, 0.2) is 97.6 Å². The van der Waals surface area contributed by atoms with Crippen LogP contribution in [0.3, 0.4) is 0 Å². The Morgan fingerprint density at radius 1 is 0.742 bits per heavy atom. The molecule has 0 bridgehead atoms. The number of aromatic nitrogens is 6. The van der Waals surface area contributed by atoms with Gasteiger partial charge in [0.2, 0.25) is 0 Å². The molecule has 0 atom stereocenters. The first-order chi connectivity index (χ1) is 29.9. The largest absolute Gasteiger partial charge is 0.364 e. The van der Waals surface area contributed by atoms with E-state index < -0.39 is 24.2 Å². The van der Waals surface area contributed by atoms with Crippen LogP contribution in [0.5, 0.6) is 0 Å². The number of carbonyl (C=O) groups is 1. The van der Waals surface area contributed by atoms with Gasteiger partial charge in [-0.25, -0.2) is 8.78 Å². The van der Waals surface area contributed by atoms with Crippen LogP contribution in [0, 0.1) is 11.6 Å². The monoisotopic (exact) mass is 1020 g/mol. The Morgan fingerprint density at radius 3 is 1.63 bits per heavy atom. The van der Waals surface area contributed by atoms with Gasteiger partial charge in [0.15, 0.2) is 5.78 Å². The molecule has 0 amide bonds. The van der Waals surface area contributed by atoms with E-state index in [1.165, 1.54) is 86.8 Å². The third-order valence-electron chi connectivity index (χ3n) is 10.8. The number of aryl methyl sites for hydroxylation is 2. The summed E-state index contributed by atoms with van der Waals surface area (Å²) in [5.74, 6) is -0.958. The summed E-state index contributed by atoms with van der Waals surface area (Å²) in [7, 11) is 0. The number of hydrogen-bond donors (Lipinski definition) is 0. The molecular formula is C48H63BrF2N6O4Sn. The number of benzene rings is 2. The zero-order chi connectivity index (χ0) is 45.1. The first-order valence-electron chi connectivity index (χ1n) is 21.9. The Labute approximate surface area is 378 Å². The summed E-state index contributed by atoms with van der Waals surface area (Å²) in [5.41, 5.74) is 6.82. The molecule has 0 radical (unpaired) electrons. The minimum Gasteiger partial charge on any atom is -0.364 e. The van der Waals surface area contributed by atoms with Crippen LogP contribution >= 0.6 is 15.9 Å². The van der Waals surface area contributed by atoms with E-state index >= 15 is 0 Å². The zero-order valence-electron chi connectivity index (χ0n) is 37.5. The van der Waals surface area contributed by atoms with Crippen molar-refractivity contribution in [3.05, 3.63) is 128 Å². The molecular weight excluding hydrogens is 961 g/mol. The summed E-state index contributed by atoms with van der Waals surface area (Å²) in [4.78, 5) is 11.8. The van der Waals surface area contributed by atoms with Gasteiger partial charge >= 0.3 is 120 Å². The standard InChI is InChI=1S/C17H16FN3O2.C15H13BrFN3O.C4H7O.3C4H9.Sn/c1-3-21-9-12(8-19-21)6-13-10-23-20-17(13)15-5-4-14(18)7-16(15)11(2)22;1-2-20-8-10(7-18-20)5-11-9-21-19-15(11)13-4-3-12(17)6-14(13)16;1-3-5-4-2;3*1-3-4-2;/h4-5,7-10H,3,6H2,1-2H3;3-4,6-9H,2,5H2,1H3;1,4H2,2H3;3*1,3-4H2,2H3;. The minimum atomic E-state index is -2.24. The quantitative estimate of drug-likeness (QED) is 0.0398. The summed E-state index contributed by atoms with van der Waals surface area (Å²) in [6.45, 7) is 21.3. The Balaban J connectivity index is 0.000000206. The fraction of sp³-hybridized carbons (Fsp3) is 0.438. The average molecular weight is 1020 g/mol. The topological polar surface area (TPSA) is 114 Å². The van der Waals surface area contributed by atoms with E-state index in [4.69, 9.17) is 13.8 Å². The fourth-order valence-corrected chi connectivity index (χ4v) is 22.5. The molecule has 334 valence electrons. The van der Waals surface area contributed by atoms with Gasteiger partial charge < -0.3 is 9.05 Å². The maximum atomic E-state index is 13.4. The molecule has 0 spiro atoms. The molecule has 0 saturated heterocycles.